The Hall–Kier alpha value is -1.99. The van der Waals surface area contributed by atoms with Crippen LogP contribution in [0.4, 0.5) is 22.0 Å². The number of thioether (sulfide) groups is 1. The summed E-state index contributed by atoms with van der Waals surface area (Å²) in [5.41, 5.74) is -5.59. The zero-order chi connectivity index (χ0) is 21.4. The van der Waals surface area contributed by atoms with Crippen LogP contribution in [0.1, 0.15) is 34.9 Å². The predicted octanol–water partition coefficient (Wildman–Crippen LogP) is 4.18. The van der Waals surface area contributed by atoms with E-state index in [1.54, 1.807) is 6.07 Å². The van der Waals surface area contributed by atoms with Crippen molar-refractivity contribution in [1.82, 2.24) is 9.97 Å². The minimum atomic E-state index is -5.95. The highest BCUT2D eigenvalue weighted by molar-refractivity contribution is 7.98. The lowest BCUT2D eigenvalue weighted by Gasteiger charge is -2.27. The lowest BCUT2D eigenvalue weighted by atomic mass is 9.96. The van der Waals surface area contributed by atoms with Gasteiger partial charge in [-0.3, -0.25) is 0 Å². The molecule has 0 radical (unpaired) electrons. The van der Waals surface area contributed by atoms with Crippen molar-refractivity contribution in [3.63, 3.8) is 0 Å². The monoisotopic (exact) mass is 456 g/mol. The first-order valence-corrected chi connectivity index (χ1v) is 10.6. The molecule has 29 heavy (non-hydrogen) atoms. The van der Waals surface area contributed by atoms with Crippen LogP contribution in [0.25, 0.3) is 0 Å². The molecule has 158 valence electrons. The second-order valence-corrected chi connectivity index (χ2v) is 8.17. The van der Waals surface area contributed by atoms with Crippen LogP contribution in [0.5, 0.6) is 5.88 Å². The molecule has 0 bridgehead atoms. The van der Waals surface area contributed by atoms with Crippen molar-refractivity contribution in [1.29, 1.82) is 0 Å². The molecule has 0 fully saturated rings. The van der Waals surface area contributed by atoms with Crippen molar-refractivity contribution in [2.75, 3.05) is 6.26 Å². The van der Waals surface area contributed by atoms with E-state index in [0.717, 1.165) is 11.8 Å². The van der Waals surface area contributed by atoms with Crippen molar-refractivity contribution in [2.45, 2.75) is 36.2 Å². The number of halogens is 5. The second kappa shape index (κ2) is 8.03. The highest BCUT2D eigenvalue weighted by atomic mass is 32.2. The van der Waals surface area contributed by atoms with Gasteiger partial charge in [-0.25, -0.2) is 13.8 Å². The van der Waals surface area contributed by atoms with Gasteiger partial charge < -0.3 is 8.92 Å². The Morgan fingerprint density at radius 1 is 1.24 bits per heavy atom. The van der Waals surface area contributed by atoms with Crippen LogP contribution in [0.3, 0.4) is 0 Å². The Kier molecular flexibility index (Phi) is 6.01. The number of fused-ring (bicyclic) bond motifs is 1. The largest absolute Gasteiger partial charge is 0.534 e. The van der Waals surface area contributed by atoms with Crippen molar-refractivity contribution >= 4 is 21.9 Å². The van der Waals surface area contributed by atoms with Crippen LogP contribution in [0.15, 0.2) is 29.4 Å². The average molecular weight is 456 g/mol. The molecule has 0 amide bonds. The van der Waals surface area contributed by atoms with Gasteiger partial charge in [0.1, 0.15) is 0 Å². The van der Waals surface area contributed by atoms with Crippen molar-refractivity contribution < 1.29 is 39.3 Å². The lowest BCUT2D eigenvalue weighted by Crippen LogP contribution is -2.29. The number of hydrogen-bond acceptors (Lipinski definition) is 7. The minimum Gasteiger partial charge on any atom is -0.368 e. The molecule has 2 heterocycles. The van der Waals surface area contributed by atoms with E-state index in [0.29, 0.717) is 0 Å². The highest BCUT2D eigenvalue weighted by Crippen LogP contribution is 2.38. The summed E-state index contributed by atoms with van der Waals surface area (Å²) in [6.45, 7) is -0.408. The number of aromatic nitrogens is 2. The van der Waals surface area contributed by atoms with Crippen LogP contribution in [-0.4, -0.2) is 30.1 Å². The Labute approximate surface area is 166 Å². The Balaban J connectivity index is 2.00. The first-order valence-electron chi connectivity index (χ1n) is 7.96. The second-order valence-electron chi connectivity index (χ2n) is 5.86. The van der Waals surface area contributed by atoms with E-state index >= 15 is 0 Å². The molecule has 1 aromatic heterocycles. The number of ether oxygens (including phenoxy) is 1. The molecule has 3 rings (SSSR count). The van der Waals surface area contributed by atoms with E-state index in [1.807, 2.05) is 0 Å². The molecule has 0 saturated heterocycles. The maximum atomic E-state index is 13.3. The van der Waals surface area contributed by atoms with Gasteiger partial charge >= 0.3 is 15.6 Å². The molecule has 0 saturated carbocycles. The molecule has 1 aliphatic heterocycles. The maximum Gasteiger partial charge on any atom is 0.534 e. The van der Waals surface area contributed by atoms with E-state index in [2.05, 4.69) is 14.2 Å². The quantitative estimate of drug-likeness (QED) is 0.220. The number of rotatable bonds is 5. The normalized spacial score (nSPS) is 17.3. The Morgan fingerprint density at radius 2 is 1.93 bits per heavy atom. The van der Waals surface area contributed by atoms with Gasteiger partial charge in [0.2, 0.25) is 5.88 Å². The van der Waals surface area contributed by atoms with E-state index in [9.17, 15) is 30.4 Å². The number of hydrogen-bond donors (Lipinski definition) is 0. The first kappa shape index (κ1) is 21.7. The molecule has 0 aliphatic carbocycles. The molecular weight excluding hydrogens is 443 g/mol. The molecule has 0 spiro atoms. The maximum absolute atomic E-state index is 13.3. The molecule has 2 aromatic rings. The van der Waals surface area contributed by atoms with Crippen LogP contribution in [0.2, 0.25) is 0 Å². The summed E-state index contributed by atoms with van der Waals surface area (Å²) < 4.78 is 97.0. The third kappa shape index (κ3) is 4.46. The third-order valence-corrected chi connectivity index (χ3v) is 5.57. The summed E-state index contributed by atoms with van der Waals surface area (Å²) in [4.78, 5) is 7.86. The third-order valence-electron chi connectivity index (χ3n) is 4.07. The van der Waals surface area contributed by atoms with Gasteiger partial charge in [0, 0.05) is 12.0 Å². The van der Waals surface area contributed by atoms with Gasteiger partial charge in [0.05, 0.1) is 24.0 Å². The van der Waals surface area contributed by atoms with Crippen LogP contribution >= 0.6 is 11.8 Å². The van der Waals surface area contributed by atoms with Crippen molar-refractivity contribution in [2.24, 2.45) is 0 Å². The molecule has 1 atom stereocenters. The summed E-state index contributed by atoms with van der Waals surface area (Å²) in [5.74, 6) is -0.794. The zero-order valence-corrected chi connectivity index (χ0v) is 16.2. The van der Waals surface area contributed by atoms with E-state index in [4.69, 9.17) is 4.74 Å². The molecule has 1 aliphatic rings. The summed E-state index contributed by atoms with van der Waals surface area (Å²) in [7, 11) is -5.95. The molecule has 0 N–H and O–H groups in total. The Morgan fingerprint density at radius 3 is 2.55 bits per heavy atom. The lowest BCUT2D eigenvalue weighted by molar-refractivity contribution is -0.0503. The van der Waals surface area contributed by atoms with Gasteiger partial charge in [-0.15, -0.1) is 0 Å². The smallest absolute Gasteiger partial charge is 0.368 e. The average Bonchev–Trinajstić information content (AvgIpc) is 2.66. The standard InChI is InChI=1S/C16H13F5N2O4S2/c1-28-15-22-11-6-12(8-4-2-3-5-9(8)13(17)18)26-7-10(11)14(23-15)27-29(24,25)16(19,20)21/h2-5,12-13H,6-7H2,1H3. The predicted molar refractivity (Wildman–Crippen MR) is 92.0 cm³/mol. The van der Waals surface area contributed by atoms with E-state index in [1.165, 1.54) is 24.5 Å². The summed E-state index contributed by atoms with van der Waals surface area (Å²) >= 11 is 0.955. The molecule has 1 unspecified atom stereocenters. The molecular formula is C16H13F5N2O4S2. The minimum absolute atomic E-state index is 0.0288. The SMILES string of the molecule is CSc1nc2c(c(OS(=O)(=O)C(F)(F)F)n1)COC(c1ccccc1C(F)F)C2. The van der Waals surface area contributed by atoms with Gasteiger partial charge in [-0.05, 0) is 11.8 Å². The fourth-order valence-electron chi connectivity index (χ4n) is 2.73. The van der Waals surface area contributed by atoms with Gasteiger partial charge in [-0.1, -0.05) is 36.0 Å². The number of nitrogens with zero attached hydrogens (tertiary/aromatic N) is 2. The highest BCUT2D eigenvalue weighted by Gasteiger charge is 2.49. The van der Waals surface area contributed by atoms with Crippen LogP contribution in [-0.2, 0) is 27.9 Å². The molecule has 13 heteroatoms. The first-order chi connectivity index (χ1) is 13.5. The zero-order valence-electron chi connectivity index (χ0n) is 14.6. The van der Waals surface area contributed by atoms with Crippen LogP contribution in [0, 0.1) is 0 Å². The van der Waals surface area contributed by atoms with E-state index in [-0.39, 0.29) is 34.0 Å². The number of alkyl halides is 5. The summed E-state index contributed by atoms with van der Waals surface area (Å²) in [6, 6.07) is 5.71. The van der Waals surface area contributed by atoms with Gasteiger partial charge in [0.25, 0.3) is 6.43 Å². The number of benzene rings is 1. The Bertz CT molecular complexity index is 1010. The summed E-state index contributed by atoms with van der Waals surface area (Å²) in [5, 5.41) is -0.0288. The molecule has 1 aromatic carbocycles. The van der Waals surface area contributed by atoms with Crippen LogP contribution < -0.4 is 4.18 Å². The van der Waals surface area contributed by atoms with E-state index < -0.39 is 40.6 Å². The molecule has 6 nitrogen and oxygen atoms in total. The van der Waals surface area contributed by atoms with Gasteiger partial charge in [-0.2, -0.15) is 26.6 Å². The topological polar surface area (TPSA) is 78.4 Å². The van der Waals surface area contributed by atoms with Crippen molar-refractivity contribution in [3.05, 3.63) is 46.6 Å². The fourth-order valence-corrected chi connectivity index (χ4v) is 3.55. The summed E-state index contributed by atoms with van der Waals surface area (Å²) in [6.07, 6.45) is -2.13. The van der Waals surface area contributed by atoms with Gasteiger partial charge in [0.15, 0.2) is 5.16 Å². The fraction of sp³-hybridized carbons (Fsp3) is 0.375. The van der Waals surface area contributed by atoms with Crippen molar-refractivity contribution in [3.8, 4) is 5.88 Å².